The fourth-order valence-electron chi connectivity index (χ4n) is 3.57. The summed E-state index contributed by atoms with van der Waals surface area (Å²) in [4.78, 5) is 30.1. The van der Waals surface area contributed by atoms with Crippen molar-refractivity contribution in [1.82, 2.24) is 15.1 Å². The fraction of sp³-hybridized carbons (Fsp3) is 0.391. The Morgan fingerprint density at radius 1 is 1.42 bits per heavy atom. The van der Waals surface area contributed by atoms with Crippen molar-refractivity contribution < 1.29 is 18.7 Å². The maximum Gasteiger partial charge on any atom is 0.318 e. The standard InChI is InChI=1S/C23H28FN3O3S/c1-4-10-26(23(29)25-16(2)3)14-22(28)27-11-8-21-19(9-12-31-21)20(27)15-30-18-7-5-6-17(24)13-18/h4-7,9,12-13,16,20H,1,8,10-11,14-15H2,2-3H3,(H,25,29)/t20-/m1/s1. The summed E-state index contributed by atoms with van der Waals surface area (Å²) < 4.78 is 19.4. The summed E-state index contributed by atoms with van der Waals surface area (Å²) >= 11 is 1.66. The van der Waals surface area contributed by atoms with Crippen molar-refractivity contribution in [3.8, 4) is 5.75 Å². The molecule has 0 spiro atoms. The molecule has 0 aliphatic carbocycles. The average molecular weight is 446 g/mol. The Bertz CT molecular complexity index is 930. The highest BCUT2D eigenvalue weighted by atomic mass is 32.1. The Morgan fingerprint density at radius 2 is 2.23 bits per heavy atom. The molecular weight excluding hydrogens is 417 g/mol. The molecule has 166 valence electrons. The lowest BCUT2D eigenvalue weighted by Gasteiger charge is -2.37. The molecule has 8 heteroatoms. The molecule has 3 amide bonds. The molecule has 0 radical (unpaired) electrons. The normalized spacial score (nSPS) is 15.4. The number of fused-ring (bicyclic) bond motifs is 1. The van der Waals surface area contributed by atoms with E-state index in [1.165, 1.54) is 21.9 Å². The third kappa shape index (κ3) is 5.85. The van der Waals surface area contributed by atoms with E-state index in [9.17, 15) is 14.0 Å². The van der Waals surface area contributed by atoms with Crippen molar-refractivity contribution in [3.63, 3.8) is 0 Å². The van der Waals surface area contributed by atoms with E-state index in [-0.39, 0.29) is 49.5 Å². The summed E-state index contributed by atoms with van der Waals surface area (Å²) in [6.45, 7) is 8.39. The summed E-state index contributed by atoms with van der Waals surface area (Å²) in [5, 5.41) is 4.83. The zero-order valence-electron chi connectivity index (χ0n) is 17.8. The Morgan fingerprint density at radius 3 is 2.94 bits per heavy atom. The van der Waals surface area contributed by atoms with Crippen molar-refractivity contribution in [1.29, 1.82) is 0 Å². The number of carbonyl (C=O) groups excluding carboxylic acids is 2. The van der Waals surface area contributed by atoms with E-state index < -0.39 is 0 Å². The second kappa shape index (κ2) is 10.4. The molecule has 0 saturated heterocycles. The van der Waals surface area contributed by atoms with Gasteiger partial charge in [0.25, 0.3) is 0 Å². The largest absolute Gasteiger partial charge is 0.491 e. The maximum absolute atomic E-state index is 13.5. The zero-order valence-corrected chi connectivity index (χ0v) is 18.7. The van der Waals surface area contributed by atoms with Crippen LogP contribution in [-0.4, -0.2) is 54.0 Å². The third-order valence-electron chi connectivity index (χ3n) is 4.99. The molecule has 1 aromatic carbocycles. The van der Waals surface area contributed by atoms with Gasteiger partial charge in [-0.1, -0.05) is 12.1 Å². The number of amides is 3. The lowest BCUT2D eigenvalue weighted by atomic mass is 10.0. The number of halogens is 1. The first-order valence-corrected chi connectivity index (χ1v) is 11.2. The van der Waals surface area contributed by atoms with E-state index in [1.54, 1.807) is 34.4 Å². The van der Waals surface area contributed by atoms with Crippen LogP contribution < -0.4 is 10.1 Å². The van der Waals surface area contributed by atoms with Crippen LogP contribution in [0, 0.1) is 5.82 Å². The minimum absolute atomic E-state index is 0.0364. The van der Waals surface area contributed by atoms with Gasteiger partial charge in [-0.2, -0.15) is 0 Å². The summed E-state index contributed by atoms with van der Waals surface area (Å²) in [7, 11) is 0. The monoisotopic (exact) mass is 445 g/mol. The number of rotatable bonds is 8. The number of hydrogen-bond donors (Lipinski definition) is 1. The summed E-state index contributed by atoms with van der Waals surface area (Å²) in [6.07, 6.45) is 2.36. The van der Waals surface area contributed by atoms with E-state index in [0.29, 0.717) is 12.3 Å². The number of ether oxygens (including phenoxy) is 1. The van der Waals surface area contributed by atoms with E-state index in [2.05, 4.69) is 11.9 Å². The average Bonchev–Trinajstić information content (AvgIpc) is 3.20. The number of nitrogens with zero attached hydrogens (tertiary/aromatic N) is 2. The van der Waals surface area contributed by atoms with Crippen LogP contribution >= 0.6 is 11.3 Å². The molecule has 0 fully saturated rings. The smallest absolute Gasteiger partial charge is 0.318 e. The number of hydrogen-bond acceptors (Lipinski definition) is 4. The molecule has 1 N–H and O–H groups in total. The molecule has 0 saturated carbocycles. The van der Waals surface area contributed by atoms with Crippen molar-refractivity contribution in [2.45, 2.75) is 32.4 Å². The minimum atomic E-state index is -0.374. The molecule has 0 bridgehead atoms. The lowest BCUT2D eigenvalue weighted by Crippen LogP contribution is -2.50. The Labute approximate surface area is 186 Å². The van der Waals surface area contributed by atoms with Crippen LogP contribution in [0.5, 0.6) is 5.75 Å². The first kappa shape index (κ1) is 22.8. The second-order valence-electron chi connectivity index (χ2n) is 7.69. The van der Waals surface area contributed by atoms with Gasteiger partial charge in [-0.3, -0.25) is 4.79 Å². The van der Waals surface area contributed by atoms with Crippen LogP contribution in [0.2, 0.25) is 0 Å². The van der Waals surface area contributed by atoms with Crippen LogP contribution in [-0.2, 0) is 11.2 Å². The first-order chi connectivity index (χ1) is 14.9. The van der Waals surface area contributed by atoms with Crippen LogP contribution in [0.4, 0.5) is 9.18 Å². The molecule has 6 nitrogen and oxygen atoms in total. The van der Waals surface area contributed by atoms with Crippen LogP contribution in [0.3, 0.4) is 0 Å². The first-order valence-electron chi connectivity index (χ1n) is 10.3. The third-order valence-corrected chi connectivity index (χ3v) is 5.99. The summed E-state index contributed by atoms with van der Waals surface area (Å²) in [5.74, 6) is -0.119. The Hall–Kier alpha value is -2.87. The summed E-state index contributed by atoms with van der Waals surface area (Å²) in [5.41, 5.74) is 1.04. The van der Waals surface area contributed by atoms with Gasteiger partial charge in [0.2, 0.25) is 5.91 Å². The number of urea groups is 1. The molecule has 1 aromatic heterocycles. The number of nitrogens with one attached hydrogen (secondary N) is 1. The van der Waals surface area contributed by atoms with Crippen molar-refractivity contribution >= 4 is 23.3 Å². The fourth-order valence-corrected chi connectivity index (χ4v) is 4.50. The number of carbonyl (C=O) groups is 2. The van der Waals surface area contributed by atoms with Crippen LogP contribution in [0.15, 0.2) is 48.4 Å². The van der Waals surface area contributed by atoms with Crippen LogP contribution in [0.25, 0.3) is 0 Å². The molecule has 1 aliphatic heterocycles. The minimum Gasteiger partial charge on any atom is -0.491 e. The van der Waals surface area contributed by atoms with Crippen molar-refractivity contribution in [2.24, 2.45) is 0 Å². The quantitative estimate of drug-likeness (QED) is 0.625. The molecule has 2 heterocycles. The van der Waals surface area contributed by atoms with Gasteiger partial charge in [0.1, 0.15) is 24.7 Å². The molecule has 1 aliphatic rings. The molecule has 31 heavy (non-hydrogen) atoms. The van der Waals surface area contributed by atoms with E-state index >= 15 is 0 Å². The lowest BCUT2D eigenvalue weighted by molar-refractivity contribution is -0.135. The van der Waals surface area contributed by atoms with Crippen LogP contribution in [0.1, 0.15) is 30.3 Å². The highest BCUT2D eigenvalue weighted by Crippen LogP contribution is 2.34. The van der Waals surface area contributed by atoms with E-state index in [1.807, 2.05) is 25.3 Å². The maximum atomic E-state index is 13.5. The topological polar surface area (TPSA) is 61.9 Å². The molecule has 0 unspecified atom stereocenters. The van der Waals surface area contributed by atoms with Gasteiger partial charge in [-0.15, -0.1) is 17.9 Å². The van der Waals surface area contributed by atoms with Crippen molar-refractivity contribution in [2.75, 3.05) is 26.2 Å². The molecule has 3 rings (SSSR count). The van der Waals surface area contributed by atoms with Gasteiger partial charge < -0.3 is 19.9 Å². The number of thiophene rings is 1. The molecule has 2 aromatic rings. The van der Waals surface area contributed by atoms with E-state index in [4.69, 9.17) is 4.74 Å². The summed E-state index contributed by atoms with van der Waals surface area (Å²) in [6, 6.07) is 7.33. The predicted octanol–water partition coefficient (Wildman–Crippen LogP) is 4.00. The van der Waals surface area contributed by atoms with Gasteiger partial charge in [0, 0.05) is 30.1 Å². The van der Waals surface area contributed by atoms with E-state index in [0.717, 1.165) is 12.0 Å². The zero-order chi connectivity index (χ0) is 22.4. The molecule has 1 atom stereocenters. The van der Waals surface area contributed by atoms with Gasteiger partial charge in [0.15, 0.2) is 0 Å². The SMILES string of the molecule is C=CCN(CC(=O)N1CCc2sccc2[C@H]1COc1cccc(F)c1)C(=O)NC(C)C. The Kier molecular flexibility index (Phi) is 7.68. The Balaban J connectivity index is 1.76. The highest BCUT2D eigenvalue weighted by Gasteiger charge is 2.33. The van der Waals surface area contributed by atoms with Gasteiger partial charge >= 0.3 is 6.03 Å². The van der Waals surface area contributed by atoms with Gasteiger partial charge in [-0.25, -0.2) is 9.18 Å². The number of benzene rings is 1. The predicted molar refractivity (Wildman–Crippen MR) is 120 cm³/mol. The highest BCUT2D eigenvalue weighted by molar-refractivity contribution is 7.10. The van der Waals surface area contributed by atoms with Gasteiger partial charge in [-0.05, 0) is 49.4 Å². The second-order valence-corrected chi connectivity index (χ2v) is 8.69. The van der Waals surface area contributed by atoms with Crippen molar-refractivity contribution in [3.05, 3.63) is 64.6 Å². The molecular formula is C23H28FN3O3S. The van der Waals surface area contributed by atoms with Gasteiger partial charge in [0.05, 0.1) is 6.04 Å².